The van der Waals surface area contributed by atoms with E-state index in [0.29, 0.717) is 79.0 Å². The Morgan fingerprint density at radius 2 is 0.545 bits per heavy atom. The zero-order valence-electron chi connectivity index (χ0n) is 78.0. The molecule has 0 saturated carbocycles. The van der Waals surface area contributed by atoms with Gasteiger partial charge in [0.25, 0.3) is 0 Å². The van der Waals surface area contributed by atoms with Crippen LogP contribution < -0.4 is 4.74 Å². The van der Waals surface area contributed by atoms with Gasteiger partial charge in [0.2, 0.25) is 0 Å². The second kappa shape index (κ2) is 55.7. The van der Waals surface area contributed by atoms with Crippen molar-refractivity contribution < 1.29 is 114 Å². The van der Waals surface area contributed by atoms with E-state index in [1.165, 1.54) is 86.2 Å². The molecule has 0 saturated heterocycles. The maximum atomic E-state index is 13.0. The molecule has 30 heteroatoms. The average Bonchev–Trinajstić information content (AvgIpc) is 0.785. The first kappa shape index (κ1) is 127. The Bertz CT molecular complexity index is 4840. The SMILES string of the molecule is C.C.CC(C)c1cc(C(F)(F)F)ccc1C(F)(F)F.CC(C)c1cc(C(F)(F)F)ccc1Cl.CC(C)c1cc(C(F)(F)F)ccc1F.CC(C)c1cc(Cl)cc(Cl)c1.CC(C)c1cc(F)cc(F)c1.COc1ccc(C(F)(F)F)cc1C(C)C.Cc1cc(C(C)C)cc(C(F)(F)F)c1.Cc1cc(Cl)ccc1C(C)C.Cc1cc(F)cc(C(C)C)c1.Cc1ccc(C(F)(F)F)cc1C(C)C. The minimum absolute atomic E-state index is 0. The molecule has 0 fully saturated rings. The van der Waals surface area contributed by atoms with E-state index in [2.05, 4.69) is 54.5 Å². The van der Waals surface area contributed by atoms with Gasteiger partial charge in [-0.2, -0.15) is 92.2 Å². The molecule has 0 aliphatic carbocycles. The Hall–Kier alpha value is -8.59. The molecular weight excluding hydrogens is 1880 g/mol. The van der Waals surface area contributed by atoms with Crippen LogP contribution >= 0.6 is 46.4 Å². The van der Waals surface area contributed by atoms with Gasteiger partial charge in [0, 0.05) is 26.2 Å². The molecule has 10 aromatic rings. The van der Waals surface area contributed by atoms with E-state index >= 15 is 0 Å². The highest BCUT2D eigenvalue weighted by molar-refractivity contribution is 6.34. The van der Waals surface area contributed by atoms with Crippen molar-refractivity contribution in [3.8, 4) is 5.75 Å². The van der Waals surface area contributed by atoms with Crippen LogP contribution in [0, 0.1) is 51.0 Å². The summed E-state index contributed by atoms with van der Waals surface area (Å²) in [7, 11) is 1.45. The van der Waals surface area contributed by atoms with Gasteiger partial charge in [-0.05, 0) is 311 Å². The summed E-state index contributed by atoms with van der Waals surface area (Å²) in [5, 5.41) is 2.63. The van der Waals surface area contributed by atoms with Crippen LogP contribution in [-0.4, -0.2) is 7.11 Å². The normalized spacial score (nSPS) is 11.6. The van der Waals surface area contributed by atoms with Crippen molar-refractivity contribution in [1.29, 1.82) is 0 Å². The molecule has 1 nitrogen and oxygen atoms in total. The molecule has 10 aromatic carbocycles. The lowest BCUT2D eigenvalue weighted by Crippen LogP contribution is -2.13. The first-order valence-corrected chi connectivity index (χ1v) is 43.1. The van der Waals surface area contributed by atoms with Crippen molar-refractivity contribution in [2.45, 2.75) is 283 Å². The summed E-state index contributed by atoms with van der Waals surface area (Å²) < 4.78 is 316. The van der Waals surface area contributed by atoms with Gasteiger partial charge in [-0.15, -0.1) is 0 Å². The monoisotopic (exact) mass is 2000 g/mol. The number of aryl methyl sites for hydroxylation is 4. The van der Waals surface area contributed by atoms with Crippen LogP contribution in [0.15, 0.2) is 182 Å². The lowest BCUT2D eigenvalue weighted by Gasteiger charge is -2.17. The van der Waals surface area contributed by atoms with E-state index in [1.54, 1.807) is 58.9 Å². The first-order chi connectivity index (χ1) is 60.0. The summed E-state index contributed by atoms with van der Waals surface area (Å²) in [6.07, 6.45) is -30.7. The number of hydrogen-bond acceptors (Lipinski definition) is 1. The smallest absolute Gasteiger partial charge is 0.416 e. The maximum absolute atomic E-state index is 13.0. The van der Waals surface area contributed by atoms with Gasteiger partial charge < -0.3 is 4.74 Å². The Balaban J connectivity index is 0. The molecular formula is C104H123Cl4F25O. The van der Waals surface area contributed by atoms with Crippen LogP contribution in [0.3, 0.4) is 0 Å². The van der Waals surface area contributed by atoms with Gasteiger partial charge >= 0.3 is 43.2 Å². The van der Waals surface area contributed by atoms with Crippen LogP contribution in [-0.2, 0) is 43.2 Å². The molecule has 0 aliphatic rings. The van der Waals surface area contributed by atoms with Crippen molar-refractivity contribution in [3.63, 3.8) is 0 Å². The molecule has 0 bridgehead atoms. The minimum Gasteiger partial charge on any atom is -0.496 e. The van der Waals surface area contributed by atoms with E-state index < -0.39 is 106 Å². The van der Waals surface area contributed by atoms with E-state index in [9.17, 15) is 110 Å². The third kappa shape index (κ3) is 45.6. The molecule has 748 valence electrons. The van der Waals surface area contributed by atoms with Crippen LogP contribution in [0.1, 0.15) is 329 Å². The zero-order valence-corrected chi connectivity index (χ0v) is 81.0. The third-order valence-corrected chi connectivity index (χ3v) is 20.4. The van der Waals surface area contributed by atoms with Crippen LogP contribution in [0.25, 0.3) is 0 Å². The molecule has 134 heavy (non-hydrogen) atoms. The first-order valence-electron chi connectivity index (χ1n) is 41.6. The van der Waals surface area contributed by atoms with Crippen LogP contribution in [0.2, 0.25) is 20.1 Å². The van der Waals surface area contributed by atoms with Crippen LogP contribution in [0.4, 0.5) is 110 Å². The molecule has 0 N–H and O–H groups in total. The molecule has 0 aromatic heterocycles. The number of ether oxygens (including phenoxy) is 1. The summed E-state index contributed by atoms with van der Waals surface area (Å²) >= 11 is 23.2. The molecule has 10 rings (SSSR count). The van der Waals surface area contributed by atoms with E-state index in [-0.39, 0.29) is 67.3 Å². The predicted molar refractivity (Wildman–Crippen MR) is 499 cm³/mol. The summed E-state index contributed by atoms with van der Waals surface area (Å²) in [4.78, 5) is 0. The van der Waals surface area contributed by atoms with Gasteiger partial charge in [-0.25, -0.2) is 17.6 Å². The highest BCUT2D eigenvalue weighted by Crippen LogP contribution is 2.42. The van der Waals surface area contributed by atoms with Crippen molar-refractivity contribution in [3.05, 3.63) is 342 Å². The highest BCUT2D eigenvalue weighted by Gasteiger charge is 2.39. The largest absolute Gasteiger partial charge is 0.496 e. The van der Waals surface area contributed by atoms with Crippen molar-refractivity contribution >= 4 is 46.4 Å². The van der Waals surface area contributed by atoms with Gasteiger partial charge in [0.05, 0.1) is 46.1 Å². The van der Waals surface area contributed by atoms with E-state index in [0.717, 1.165) is 87.4 Å². The molecule has 0 unspecified atom stereocenters. The lowest BCUT2D eigenvalue weighted by atomic mass is 9.94. The van der Waals surface area contributed by atoms with Gasteiger partial charge in [0.15, 0.2) is 0 Å². The fourth-order valence-corrected chi connectivity index (χ4v) is 13.2. The number of benzene rings is 10. The lowest BCUT2D eigenvalue weighted by molar-refractivity contribution is -0.142. The topological polar surface area (TPSA) is 9.23 Å². The second-order valence-corrected chi connectivity index (χ2v) is 35.7. The molecule has 0 aliphatic heterocycles. The van der Waals surface area contributed by atoms with Gasteiger partial charge in [-0.1, -0.05) is 230 Å². The number of methoxy groups -OCH3 is 1. The molecule has 0 amide bonds. The summed E-state index contributed by atoms with van der Waals surface area (Å²) in [5.74, 6) is -0.239. The molecule has 0 radical (unpaired) electrons. The average molecular weight is 2010 g/mol. The zero-order chi connectivity index (χ0) is 103. The van der Waals surface area contributed by atoms with Crippen molar-refractivity contribution in [1.82, 2.24) is 0 Å². The Morgan fingerprint density at radius 3 is 0.903 bits per heavy atom. The fraction of sp³-hybridized carbons (Fsp3) is 0.423. The standard InChI is InChI=1S/C11H10F6.C11H13F3O.2C11H13F3.C10H10ClF3.C10H13Cl.C10H10F4.C10H13F.C9H10Cl2.C9H10F2.2CH4/c1-6(2)8-5-7(10(12,13)14)3-4-9(8)11(15,16)17;1-7(2)9-6-8(11(12,13)14)4-5-10(9)15-3;1-7(2)9-4-8(3)5-10(6-9)11(12,13)14;1-7(2)10-6-9(11(12,13)14)5-4-8(10)3;1-6(2)8-5-7(10(12,13)14)3-4-9(8)11;1-7(2)10-5-4-9(11)6-8(10)3;1-6(2)8-5-7(10(12,13)14)3-4-9(8)11;1-7(2)9-4-8(3)5-10(11)6-9;2*1-6(2)7-3-8(10)5-9(11)4-7;;/h3-6H,1-2H3;4-7H,1-3H3;2*4-7H,1-3H3;3-6H,1-2H3;4-7H,1-3H3;3-6H,1-2H3;4-7H,1-3H3;2*3-6H,1-2H3;2*1H4. The maximum Gasteiger partial charge on any atom is 0.416 e. The third-order valence-electron chi connectivity index (χ3n) is 19.4. The van der Waals surface area contributed by atoms with E-state index in [1.807, 2.05) is 99.6 Å². The fourth-order valence-electron chi connectivity index (χ4n) is 12.1. The predicted octanol–water partition coefficient (Wildman–Crippen LogP) is 40.9. The minimum atomic E-state index is -4.64. The van der Waals surface area contributed by atoms with Gasteiger partial charge in [0.1, 0.15) is 29.0 Å². The quantitative estimate of drug-likeness (QED) is 0.117. The summed E-state index contributed by atoms with van der Waals surface area (Å²) in [6, 6.07) is 39.4. The summed E-state index contributed by atoms with van der Waals surface area (Å²) in [6.45, 7) is 45.0. The number of halogens is 29. The molecule has 0 spiro atoms. The van der Waals surface area contributed by atoms with E-state index in [4.69, 9.17) is 51.1 Å². The van der Waals surface area contributed by atoms with Crippen molar-refractivity contribution in [2.24, 2.45) is 0 Å². The number of hydrogen-bond donors (Lipinski definition) is 0. The Morgan fingerprint density at radius 1 is 0.231 bits per heavy atom. The second-order valence-electron chi connectivity index (χ2n) is 33.9. The van der Waals surface area contributed by atoms with Crippen molar-refractivity contribution in [2.75, 3.05) is 7.11 Å². The highest BCUT2D eigenvalue weighted by atomic mass is 35.5. The van der Waals surface area contributed by atoms with Gasteiger partial charge in [-0.3, -0.25) is 0 Å². The Kier molecular flexibility index (Phi) is 53.0. The summed E-state index contributed by atoms with van der Waals surface area (Å²) in [5.41, 5.74) is 5.26. The number of rotatable bonds is 11. The number of alkyl halides is 21. The molecule has 0 atom stereocenters. The Labute approximate surface area is 795 Å². The molecule has 0 heterocycles. The van der Waals surface area contributed by atoms with Crippen LogP contribution in [0.5, 0.6) is 5.75 Å².